The van der Waals surface area contributed by atoms with Crippen LogP contribution in [0.4, 0.5) is 5.82 Å². The Morgan fingerprint density at radius 1 is 1.35 bits per heavy atom. The summed E-state index contributed by atoms with van der Waals surface area (Å²) in [4.78, 5) is 30.0. The maximum absolute atomic E-state index is 11.7. The zero-order valence-electron chi connectivity index (χ0n) is 14.8. The Kier molecular flexibility index (Phi) is 4.51. The highest BCUT2D eigenvalue weighted by Crippen LogP contribution is 2.27. The lowest BCUT2D eigenvalue weighted by atomic mass is 9.94. The number of hydrogen-bond acceptors (Lipinski definition) is 5. The van der Waals surface area contributed by atoms with Gasteiger partial charge in [-0.1, -0.05) is 6.07 Å². The Labute approximate surface area is 151 Å². The number of hydrogen-bond donors (Lipinski definition) is 1. The first-order chi connectivity index (χ1) is 12.7. The number of aryl methyl sites for hydroxylation is 1. The number of piperidine rings is 1. The fourth-order valence-corrected chi connectivity index (χ4v) is 3.53. The van der Waals surface area contributed by atoms with Crippen molar-refractivity contribution in [3.8, 4) is 0 Å². The molecule has 0 spiro atoms. The van der Waals surface area contributed by atoms with Gasteiger partial charge in [0.2, 0.25) is 0 Å². The minimum absolute atomic E-state index is 0.0772. The quantitative estimate of drug-likeness (QED) is 0.779. The zero-order chi connectivity index (χ0) is 17.9. The van der Waals surface area contributed by atoms with Crippen molar-refractivity contribution in [3.05, 3.63) is 70.6 Å². The molecule has 3 aromatic rings. The summed E-state index contributed by atoms with van der Waals surface area (Å²) in [5.74, 6) is 1.91. The molecule has 1 aliphatic rings. The van der Waals surface area contributed by atoms with Crippen molar-refractivity contribution in [3.63, 3.8) is 0 Å². The van der Waals surface area contributed by atoms with Crippen molar-refractivity contribution in [2.75, 3.05) is 18.0 Å². The van der Waals surface area contributed by atoms with Crippen molar-refractivity contribution in [2.45, 2.75) is 32.2 Å². The van der Waals surface area contributed by atoms with Crippen LogP contribution in [0.25, 0.3) is 0 Å². The summed E-state index contributed by atoms with van der Waals surface area (Å²) in [6, 6.07) is 5.81. The Hall–Kier alpha value is -2.96. The second-order valence-electron chi connectivity index (χ2n) is 6.80. The summed E-state index contributed by atoms with van der Waals surface area (Å²) in [5.41, 5.74) is 1.95. The molecule has 4 rings (SSSR count). The van der Waals surface area contributed by atoms with Gasteiger partial charge >= 0.3 is 0 Å². The molecule has 1 N–H and O–H groups in total. The number of imidazole rings is 1. The first kappa shape index (κ1) is 16.5. The third-order valence-electron chi connectivity index (χ3n) is 4.78. The number of anilines is 1. The van der Waals surface area contributed by atoms with E-state index in [1.54, 1.807) is 18.6 Å². The number of aromatic nitrogens is 5. The summed E-state index contributed by atoms with van der Waals surface area (Å²) in [6.07, 6.45) is 9.57. The highest BCUT2D eigenvalue weighted by molar-refractivity contribution is 5.40. The Bertz CT molecular complexity index is 916. The van der Waals surface area contributed by atoms with E-state index in [0.717, 1.165) is 49.6 Å². The lowest BCUT2D eigenvalue weighted by molar-refractivity contribution is 0.496. The van der Waals surface area contributed by atoms with Crippen molar-refractivity contribution >= 4 is 5.82 Å². The van der Waals surface area contributed by atoms with Crippen LogP contribution in [0.15, 0.2) is 47.9 Å². The molecular weight excluding hydrogens is 328 g/mol. The molecule has 0 radical (unpaired) electrons. The van der Waals surface area contributed by atoms with Crippen LogP contribution >= 0.6 is 0 Å². The molecule has 1 unspecified atom stereocenters. The van der Waals surface area contributed by atoms with Crippen LogP contribution in [-0.2, 0) is 6.54 Å². The van der Waals surface area contributed by atoms with E-state index in [2.05, 4.69) is 37.0 Å². The van der Waals surface area contributed by atoms with Crippen LogP contribution < -0.4 is 10.5 Å². The Balaban J connectivity index is 1.48. The molecule has 1 saturated heterocycles. The molecule has 26 heavy (non-hydrogen) atoms. The van der Waals surface area contributed by atoms with Gasteiger partial charge in [0.15, 0.2) is 0 Å². The monoisotopic (exact) mass is 350 g/mol. The van der Waals surface area contributed by atoms with E-state index in [1.807, 2.05) is 23.9 Å². The maximum atomic E-state index is 11.7. The highest BCUT2D eigenvalue weighted by Gasteiger charge is 2.23. The van der Waals surface area contributed by atoms with E-state index in [4.69, 9.17) is 0 Å². The van der Waals surface area contributed by atoms with Gasteiger partial charge in [-0.15, -0.1) is 0 Å². The normalized spacial score (nSPS) is 17.4. The van der Waals surface area contributed by atoms with Gasteiger partial charge in [-0.3, -0.25) is 4.79 Å². The van der Waals surface area contributed by atoms with Crippen molar-refractivity contribution < 1.29 is 0 Å². The van der Waals surface area contributed by atoms with E-state index < -0.39 is 0 Å². The molecule has 0 aliphatic carbocycles. The van der Waals surface area contributed by atoms with Crippen LogP contribution in [0.2, 0.25) is 0 Å². The number of H-pyrrole nitrogens is 1. The van der Waals surface area contributed by atoms with Crippen molar-refractivity contribution in [2.24, 2.45) is 0 Å². The number of aromatic amines is 1. The first-order valence-corrected chi connectivity index (χ1v) is 8.91. The summed E-state index contributed by atoms with van der Waals surface area (Å²) in [5, 5.41) is 0. The molecule has 3 aromatic heterocycles. The van der Waals surface area contributed by atoms with Gasteiger partial charge < -0.3 is 14.5 Å². The predicted octanol–water partition coefficient (Wildman–Crippen LogP) is 2.10. The first-order valence-electron chi connectivity index (χ1n) is 8.91. The van der Waals surface area contributed by atoms with Crippen LogP contribution in [0, 0.1) is 6.92 Å². The van der Waals surface area contributed by atoms with Gasteiger partial charge in [0.1, 0.15) is 11.6 Å². The molecule has 0 aromatic carbocycles. The summed E-state index contributed by atoms with van der Waals surface area (Å²) < 4.78 is 2.02. The second kappa shape index (κ2) is 7.11. The summed E-state index contributed by atoms with van der Waals surface area (Å²) in [6.45, 7) is 4.41. The van der Waals surface area contributed by atoms with E-state index in [9.17, 15) is 4.79 Å². The third kappa shape index (κ3) is 3.66. The maximum Gasteiger partial charge on any atom is 0.251 e. The number of nitrogens with one attached hydrogen (secondary N) is 1. The Morgan fingerprint density at radius 3 is 3.00 bits per heavy atom. The molecule has 7 heteroatoms. The van der Waals surface area contributed by atoms with Gasteiger partial charge in [-0.05, 0) is 31.4 Å². The van der Waals surface area contributed by atoms with Crippen molar-refractivity contribution in [1.29, 1.82) is 0 Å². The van der Waals surface area contributed by atoms with Gasteiger partial charge in [0, 0.05) is 50.2 Å². The standard InChI is InChI=1S/C19H22N6O/c1-14-22-17(9-19(26)23-14)16-3-2-7-25(12-16)18-5-4-15(10-21-18)11-24-8-6-20-13-24/h4-6,8-10,13,16H,2-3,7,11-12H2,1H3,(H,22,23,26). The number of rotatable bonds is 4. The van der Waals surface area contributed by atoms with E-state index in [1.165, 1.54) is 0 Å². The van der Waals surface area contributed by atoms with E-state index >= 15 is 0 Å². The molecule has 1 fully saturated rings. The fraction of sp³-hybridized carbons (Fsp3) is 0.368. The third-order valence-corrected chi connectivity index (χ3v) is 4.78. The number of nitrogens with zero attached hydrogens (tertiary/aromatic N) is 5. The van der Waals surface area contributed by atoms with Crippen LogP contribution in [0.5, 0.6) is 0 Å². The van der Waals surface area contributed by atoms with Gasteiger partial charge in [-0.2, -0.15) is 0 Å². The Morgan fingerprint density at radius 2 is 2.27 bits per heavy atom. The summed E-state index contributed by atoms with van der Waals surface area (Å²) >= 11 is 0. The molecule has 4 heterocycles. The van der Waals surface area contributed by atoms with Crippen LogP contribution in [-0.4, -0.2) is 37.6 Å². The lowest BCUT2D eigenvalue weighted by Gasteiger charge is -2.33. The van der Waals surface area contributed by atoms with Gasteiger partial charge in [0.25, 0.3) is 5.56 Å². The second-order valence-corrected chi connectivity index (χ2v) is 6.80. The van der Waals surface area contributed by atoms with E-state index in [0.29, 0.717) is 5.82 Å². The SMILES string of the molecule is Cc1nc(C2CCCN(c3ccc(Cn4ccnc4)cn3)C2)cc(=O)[nH]1. The minimum Gasteiger partial charge on any atom is -0.356 e. The number of pyridine rings is 1. The molecule has 0 amide bonds. The largest absolute Gasteiger partial charge is 0.356 e. The molecule has 1 atom stereocenters. The molecule has 0 saturated carbocycles. The molecule has 7 nitrogen and oxygen atoms in total. The molecule has 134 valence electrons. The molecule has 0 bridgehead atoms. The topological polar surface area (TPSA) is 79.7 Å². The van der Waals surface area contributed by atoms with Gasteiger partial charge in [-0.25, -0.2) is 15.0 Å². The minimum atomic E-state index is -0.0772. The fourth-order valence-electron chi connectivity index (χ4n) is 3.53. The molecular formula is C19H22N6O. The average molecular weight is 350 g/mol. The lowest BCUT2D eigenvalue weighted by Crippen LogP contribution is -2.35. The average Bonchev–Trinajstić information content (AvgIpc) is 3.15. The summed E-state index contributed by atoms with van der Waals surface area (Å²) in [7, 11) is 0. The van der Waals surface area contributed by atoms with Crippen LogP contribution in [0.1, 0.15) is 35.8 Å². The smallest absolute Gasteiger partial charge is 0.251 e. The van der Waals surface area contributed by atoms with Crippen LogP contribution in [0.3, 0.4) is 0 Å². The van der Waals surface area contributed by atoms with Gasteiger partial charge in [0.05, 0.1) is 12.0 Å². The van der Waals surface area contributed by atoms with Crippen molar-refractivity contribution in [1.82, 2.24) is 24.5 Å². The zero-order valence-corrected chi connectivity index (χ0v) is 14.8. The predicted molar refractivity (Wildman–Crippen MR) is 99.3 cm³/mol. The highest BCUT2D eigenvalue weighted by atomic mass is 16.1. The molecule has 1 aliphatic heterocycles. The van der Waals surface area contributed by atoms with E-state index in [-0.39, 0.29) is 11.5 Å².